The molecule has 1 aliphatic rings. The maximum absolute atomic E-state index is 9.06. The summed E-state index contributed by atoms with van der Waals surface area (Å²) in [5.41, 5.74) is 1.84. The van der Waals surface area contributed by atoms with Crippen molar-refractivity contribution in [3.05, 3.63) is 35.0 Å². The molecule has 1 fully saturated rings. The van der Waals surface area contributed by atoms with Crippen LogP contribution in [0.5, 0.6) is 0 Å². The van der Waals surface area contributed by atoms with Gasteiger partial charge in [-0.3, -0.25) is 4.98 Å². The zero-order valence-corrected chi connectivity index (χ0v) is 9.37. The highest BCUT2D eigenvalue weighted by molar-refractivity contribution is 7.15. The summed E-state index contributed by atoms with van der Waals surface area (Å²) >= 11 is 1.45. The molecule has 0 aromatic carbocycles. The van der Waals surface area contributed by atoms with Crippen LogP contribution in [0, 0.1) is 11.3 Å². The summed E-state index contributed by atoms with van der Waals surface area (Å²) in [6, 6.07) is 7.98. The minimum Gasteiger partial charge on any atom is -0.254 e. The molecule has 2 aromatic heterocycles. The van der Waals surface area contributed by atoms with Crippen molar-refractivity contribution in [3.8, 4) is 16.8 Å². The topological polar surface area (TPSA) is 49.6 Å². The molecular formula is C12H9N3S. The summed E-state index contributed by atoms with van der Waals surface area (Å²) in [5.74, 6) is 0.517. The number of aromatic nitrogens is 2. The minimum atomic E-state index is 0.517. The first kappa shape index (κ1) is 9.49. The Kier molecular flexibility index (Phi) is 2.19. The molecule has 0 N–H and O–H groups in total. The van der Waals surface area contributed by atoms with Crippen molar-refractivity contribution in [2.24, 2.45) is 0 Å². The van der Waals surface area contributed by atoms with E-state index in [2.05, 4.69) is 16.0 Å². The number of hydrogen-bond acceptors (Lipinski definition) is 4. The van der Waals surface area contributed by atoms with Crippen molar-refractivity contribution in [1.29, 1.82) is 5.26 Å². The molecule has 1 saturated carbocycles. The van der Waals surface area contributed by atoms with E-state index in [-0.39, 0.29) is 0 Å². The third-order valence-corrected chi connectivity index (χ3v) is 3.60. The van der Waals surface area contributed by atoms with Crippen molar-refractivity contribution >= 4 is 11.3 Å². The van der Waals surface area contributed by atoms with E-state index in [4.69, 9.17) is 5.26 Å². The van der Waals surface area contributed by atoms with Crippen LogP contribution < -0.4 is 0 Å². The molecule has 3 rings (SSSR count). The van der Waals surface area contributed by atoms with Gasteiger partial charge in [0, 0.05) is 12.1 Å². The molecule has 0 amide bonds. The van der Waals surface area contributed by atoms with Gasteiger partial charge in [0.2, 0.25) is 0 Å². The van der Waals surface area contributed by atoms with Crippen LogP contribution in [0.1, 0.15) is 29.3 Å². The van der Waals surface area contributed by atoms with Gasteiger partial charge in [0.15, 0.2) is 0 Å². The molecule has 2 aromatic rings. The highest BCUT2D eigenvalue weighted by atomic mass is 32.1. The number of nitrogens with zero attached hydrogens (tertiary/aromatic N) is 3. The third-order valence-electron chi connectivity index (χ3n) is 2.60. The van der Waals surface area contributed by atoms with Crippen molar-refractivity contribution in [3.63, 3.8) is 0 Å². The van der Waals surface area contributed by atoms with Gasteiger partial charge < -0.3 is 0 Å². The maximum atomic E-state index is 9.06. The fourth-order valence-corrected chi connectivity index (χ4v) is 2.57. The largest absolute Gasteiger partial charge is 0.254 e. The number of pyridine rings is 1. The van der Waals surface area contributed by atoms with Gasteiger partial charge in [0.05, 0.1) is 11.4 Å². The van der Waals surface area contributed by atoms with E-state index < -0.39 is 0 Å². The van der Waals surface area contributed by atoms with Gasteiger partial charge >= 0.3 is 0 Å². The molecule has 0 radical (unpaired) electrons. The Balaban J connectivity index is 2.06. The summed E-state index contributed by atoms with van der Waals surface area (Å²) in [5, 5.41) is 9.92. The van der Waals surface area contributed by atoms with Gasteiger partial charge in [0.1, 0.15) is 16.0 Å². The van der Waals surface area contributed by atoms with Gasteiger partial charge in [-0.1, -0.05) is 6.07 Å². The third kappa shape index (κ3) is 1.59. The zero-order valence-electron chi connectivity index (χ0n) is 8.55. The van der Waals surface area contributed by atoms with Gasteiger partial charge in [-0.2, -0.15) is 5.26 Å². The number of nitriles is 1. The molecule has 3 nitrogen and oxygen atoms in total. The predicted molar refractivity (Wildman–Crippen MR) is 62.0 cm³/mol. The molecule has 16 heavy (non-hydrogen) atoms. The summed E-state index contributed by atoms with van der Waals surface area (Å²) in [4.78, 5) is 9.56. The van der Waals surface area contributed by atoms with Crippen LogP contribution in [0.4, 0.5) is 0 Å². The summed E-state index contributed by atoms with van der Waals surface area (Å²) in [6.45, 7) is 0. The molecule has 4 heteroatoms. The smallest absolute Gasteiger partial charge is 0.143 e. The van der Waals surface area contributed by atoms with E-state index in [1.807, 2.05) is 18.2 Å². The molecule has 0 aliphatic heterocycles. The highest BCUT2D eigenvalue weighted by Gasteiger charge is 2.30. The Morgan fingerprint density at radius 1 is 1.38 bits per heavy atom. The van der Waals surface area contributed by atoms with E-state index in [0.717, 1.165) is 21.3 Å². The first-order chi connectivity index (χ1) is 7.88. The first-order valence-corrected chi connectivity index (χ1v) is 6.02. The van der Waals surface area contributed by atoms with Gasteiger partial charge in [-0.25, -0.2) is 4.98 Å². The van der Waals surface area contributed by atoms with Crippen molar-refractivity contribution in [1.82, 2.24) is 9.97 Å². The van der Waals surface area contributed by atoms with Crippen LogP contribution in [0.3, 0.4) is 0 Å². The van der Waals surface area contributed by atoms with Crippen LogP contribution in [0.2, 0.25) is 0 Å². The van der Waals surface area contributed by atoms with E-state index in [1.165, 1.54) is 24.2 Å². The van der Waals surface area contributed by atoms with E-state index >= 15 is 0 Å². The molecular weight excluding hydrogens is 218 g/mol. The van der Waals surface area contributed by atoms with Crippen molar-refractivity contribution in [2.45, 2.75) is 18.8 Å². The molecule has 0 saturated heterocycles. The average Bonchev–Trinajstić information content (AvgIpc) is 3.10. The molecule has 78 valence electrons. The van der Waals surface area contributed by atoms with Crippen LogP contribution in [-0.2, 0) is 0 Å². The summed E-state index contributed by atoms with van der Waals surface area (Å²) < 4.78 is 0. The van der Waals surface area contributed by atoms with E-state index in [9.17, 15) is 0 Å². The van der Waals surface area contributed by atoms with E-state index in [1.54, 1.807) is 6.20 Å². The second-order valence-electron chi connectivity index (χ2n) is 3.83. The molecule has 2 heterocycles. The van der Waals surface area contributed by atoms with Crippen molar-refractivity contribution < 1.29 is 0 Å². The number of hydrogen-bond donors (Lipinski definition) is 0. The summed E-state index contributed by atoms with van der Waals surface area (Å²) in [7, 11) is 0. The molecule has 0 atom stereocenters. The zero-order chi connectivity index (χ0) is 11.0. The quantitative estimate of drug-likeness (QED) is 0.792. The second-order valence-corrected chi connectivity index (χ2v) is 4.83. The van der Waals surface area contributed by atoms with E-state index in [0.29, 0.717) is 5.92 Å². The monoisotopic (exact) mass is 227 g/mol. The van der Waals surface area contributed by atoms with Crippen LogP contribution in [0.25, 0.3) is 10.7 Å². The molecule has 0 unspecified atom stereocenters. The lowest BCUT2D eigenvalue weighted by atomic mass is 10.2. The minimum absolute atomic E-state index is 0.517. The van der Waals surface area contributed by atoms with Crippen LogP contribution in [-0.4, -0.2) is 9.97 Å². The van der Waals surface area contributed by atoms with Crippen LogP contribution >= 0.6 is 11.3 Å². The Hall–Kier alpha value is -1.73. The number of thiazole rings is 1. The lowest BCUT2D eigenvalue weighted by molar-refractivity contribution is 1.04. The van der Waals surface area contributed by atoms with Crippen molar-refractivity contribution in [2.75, 3.05) is 0 Å². The molecule has 0 spiro atoms. The Morgan fingerprint density at radius 2 is 2.25 bits per heavy atom. The predicted octanol–water partition coefficient (Wildman–Crippen LogP) is 2.95. The fourth-order valence-electron chi connectivity index (χ4n) is 1.64. The van der Waals surface area contributed by atoms with Gasteiger partial charge in [-0.05, 0) is 25.0 Å². The Morgan fingerprint density at radius 3 is 2.88 bits per heavy atom. The lowest BCUT2D eigenvalue weighted by Crippen LogP contribution is -1.84. The van der Waals surface area contributed by atoms with Gasteiger partial charge in [0.25, 0.3) is 0 Å². The fraction of sp³-hybridized carbons (Fsp3) is 0.250. The highest BCUT2D eigenvalue weighted by Crippen LogP contribution is 2.43. The lowest BCUT2D eigenvalue weighted by Gasteiger charge is -1.92. The average molecular weight is 227 g/mol. The molecule has 0 bridgehead atoms. The maximum Gasteiger partial charge on any atom is 0.143 e. The Labute approximate surface area is 97.4 Å². The number of rotatable bonds is 2. The van der Waals surface area contributed by atoms with Gasteiger partial charge in [-0.15, -0.1) is 11.3 Å². The molecule has 1 aliphatic carbocycles. The SMILES string of the molecule is N#Cc1sc(-c2ccccn2)nc1C1CC1. The first-order valence-electron chi connectivity index (χ1n) is 5.20. The standard InChI is InChI=1S/C12H9N3S/c13-7-10-11(8-4-5-8)15-12(16-10)9-3-1-2-6-14-9/h1-3,6,8H,4-5H2. The normalized spacial score (nSPS) is 14.7. The van der Waals surface area contributed by atoms with Crippen LogP contribution in [0.15, 0.2) is 24.4 Å². The second kappa shape index (κ2) is 3.69. The Bertz CT molecular complexity index is 549. The summed E-state index contributed by atoms with van der Waals surface area (Å²) in [6.07, 6.45) is 4.08.